The lowest BCUT2D eigenvalue weighted by atomic mass is 9.96. The van der Waals surface area contributed by atoms with Gasteiger partial charge in [0.25, 0.3) is 0 Å². The summed E-state index contributed by atoms with van der Waals surface area (Å²) in [6, 6.07) is 6.72. The standard InChI is InChI=1S/C17H19NO3/c19-14(8-11-18-9-4-1-5-10-18)15-16(20)12-6-2-3-7-13(12)17(15)21/h2-3,6-7,15H,1,4-5,8-11H2. The molecule has 1 aromatic rings. The van der Waals surface area contributed by atoms with E-state index >= 15 is 0 Å². The minimum Gasteiger partial charge on any atom is -0.303 e. The van der Waals surface area contributed by atoms with Gasteiger partial charge in [-0.2, -0.15) is 0 Å². The van der Waals surface area contributed by atoms with Gasteiger partial charge in [-0.15, -0.1) is 0 Å². The molecule has 0 amide bonds. The number of rotatable bonds is 4. The molecule has 1 fully saturated rings. The first-order valence-corrected chi connectivity index (χ1v) is 7.61. The highest BCUT2D eigenvalue weighted by Crippen LogP contribution is 2.28. The predicted octanol–water partition coefficient (Wildman–Crippen LogP) is 2.13. The molecule has 0 N–H and O–H groups in total. The van der Waals surface area contributed by atoms with Crippen LogP contribution in [0.1, 0.15) is 46.4 Å². The van der Waals surface area contributed by atoms with Crippen molar-refractivity contribution >= 4 is 17.3 Å². The average Bonchev–Trinajstić information content (AvgIpc) is 2.78. The van der Waals surface area contributed by atoms with Crippen LogP contribution in [0.4, 0.5) is 0 Å². The lowest BCUT2D eigenvalue weighted by molar-refractivity contribution is -0.120. The van der Waals surface area contributed by atoms with Gasteiger partial charge in [0.1, 0.15) is 5.92 Å². The number of hydrogen-bond acceptors (Lipinski definition) is 4. The molecule has 1 aliphatic heterocycles. The molecule has 1 aliphatic carbocycles. The number of carbonyl (C=O) groups is 3. The van der Waals surface area contributed by atoms with Crippen molar-refractivity contribution in [1.29, 1.82) is 0 Å². The number of hydrogen-bond donors (Lipinski definition) is 0. The number of nitrogens with zero attached hydrogens (tertiary/aromatic N) is 1. The van der Waals surface area contributed by atoms with E-state index in [4.69, 9.17) is 0 Å². The zero-order chi connectivity index (χ0) is 14.8. The molecule has 1 saturated heterocycles. The number of likely N-dealkylation sites (tertiary alicyclic amines) is 1. The van der Waals surface area contributed by atoms with Crippen LogP contribution in [0, 0.1) is 5.92 Å². The summed E-state index contributed by atoms with van der Waals surface area (Å²) in [5.74, 6) is -1.96. The van der Waals surface area contributed by atoms with Crippen LogP contribution in [0.15, 0.2) is 24.3 Å². The molecular weight excluding hydrogens is 266 g/mol. The Morgan fingerprint density at radius 3 is 2.14 bits per heavy atom. The second-order valence-electron chi connectivity index (χ2n) is 5.83. The first-order valence-electron chi connectivity index (χ1n) is 7.61. The number of piperidine rings is 1. The fourth-order valence-electron chi connectivity index (χ4n) is 3.23. The van der Waals surface area contributed by atoms with Crippen LogP contribution in [0.5, 0.6) is 0 Å². The largest absolute Gasteiger partial charge is 0.303 e. The zero-order valence-electron chi connectivity index (χ0n) is 12.0. The van der Waals surface area contributed by atoms with Crippen molar-refractivity contribution < 1.29 is 14.4 Å². The van der Waals surface area contributed by atoms with Gasteiger partial charge < -0.3 is 4.90 Å². The molecule has 2 aliphatic rings. The van der Waals surface area contributed by atoms with Gasteiger partial charge in [0.2, 0.25) is 0 Å². The van der Waals surface area contributed by atoms with Crippen molar-refractivity contribution in [1.82, 2.24) is 4.90 Å². The van der Waals surface area contributed by atoms with Gasteiger partial charge in [-0.05, 0) is 25.9 Å². The number of carbonyl (C=O) groups excluding carboxylic acids is 3. The molecule has 0 atom stereocenters. The Bertz CT molecular complexity index is 552. The van der Waals surface area contributed by atoms with Gasteiger partial charge in [-0.1, -0.05) is 30.7 Å². The highest BCUT2D eigenvalue weighted by molar-refractivity contribution is 6.35. The van der Waals surface area contributed by atoms with E-state index in [0.717, 1.165) is 13.1 Å². The quantitative estimate of drug-likeness (QED) is 0.795. The van der Waals surface area contributed by atoms with E-state index in [0.29, 0.717) is 17.7 Å². The lowest BCUT2D eigenvalue weighted by Gasteiger charge is -2.26. The molecule has 0 aromatic heterocycles. The van der Waals surface area contributed by atoms with E-state index < -0.39 is 5.92 Å². The van der Waals surface area contributed by atoms with E-state index in [9.17, 15) is 14.4 Å². The Morgan fingerprint density at radius 2 is 1.57 bits per heavy atom. The second kappa shape index (κ2) is 5.90. The van der Waals surface area contributed by atoms with Crippen LogP contribution in [-0.2, 0) is 4.79 Å². The molecule has 1 aromatic carbocycles. The van der Waals surface area contributed by atoms with E-state index in [2.05, 4.69) is 4.90 Å². The molecule has 0 unspecified atom stereocenters. The summed E-state index contributed by atoms with van der Waals surface area (Å²) in [6.07, 6.45) is 3.87. The van der Waals surface area contributed by atoms with Crippen LogP contribution in [0.2, 0.25) is 0 Å². The second-order valence-corrected chi connectivity index (χ2v) is 5.83. The number of ketones is 3. The summed E-state index contributed by atoms with van der Waals surface area (Å²) in [5.41, 5.74) is 0.803. The smallest absolute Gasteiger partial charge is 0.181 e. The highest BCUT2D eigenvalue weighted by Gasteiger charge is 2.42. The summed E-state index contributed by atoms with van der Waals surface area (Å²) < 4.78 is 0. The molecular formula is C17H19NO3. The molecule has 0 spiro atoms. The van der Waals surface area contributed by atoms with Gasteiger partial charge in [0.15, 0.2) is 17.3 Å². The molecule has 4 nitrogen and oxygen atoms in total. The van der Waals surface area contributed by atoms with Gasteiger partial charge in [-0.3, -0.25) is 14.4 Å². The van der Waals surface area contributed by atoms with E-state index in [1.165, 1.54) is 19.3 Å². The van der Waals surface area contributed by atoms with Crippen molar-refractivity contribution in [3.05, 3.63) is 35.4 Å². The third-order valence-electron chi connectivity index (χ3n) is 4.43. The van der Waals surface area contributed by atoms with E-state index in [1.54, 1.807) is 24.3 Å². The fourth-order valence-corrected chi connectivity index (χ4v) is 3.23. The Hall–Kier alpha value is -1.81. The Balaban J connectivity index is 1.66. The van der Waals surface area contributed by atoms with Crippen molar-refractivity contribution in [2.75, 3.05) is 19.6 Å². The maximum absolute atomic E-state index is 12.3. The van der Waals surface area contributed by atoms with Gasteiger partial charge in [0.05, 0.1) is 0 Å². The van der Waals surface area contributed by atoms with Crippen LogP contribution in [0.25, 0.3) is 0 Å². The highest BCUT2D eigenvalue weighted by atomic mass is 16.2. The van der Waals surface area contributed by atoms with Crippen molar-refractivity contribution in [2.24, 2.45) is 5.92 Å². The summed E-state index contributed by atoms with van der Waals surface area (Å²) in [4.78, 5) is 39.0. The number of Topliss-reactive ketones (excluding diaryl/α,β-unsaturated/α-hetero) is 3. The minimum absolute atomic E-state index is 0.230. The predicted molar refractivity (Wildman–Crippen MR) is 78.5 cm³/mol. The summed E-state index contributed by atoms with van der Waals surface area (Å²) in [7, 11) is 0. The van der Waals surface area contributed by atoms with E-state index in [-0.39, 0.29) is 23.8 Å². The summed E-state index contributed by atoms with van der Waals surface area (Å²) in [5, 5.41) is 0. The van der Waals surface area contributed by atoms with Crippen LogP contribution in [-0.4, -0.2) is 41.9 Å². The molecule has 21 heavy (non-hydrogen) atoms. The van der Waals surface area contributed by atoms with Gasteiger partial charge in [0, 0.05) is 24.1 Å². The number of benzene rings is 1. The number of fused-ring (bicyclic) bond motifs is 1. The van der Waals surface area contributed by atoms with Gasteiger partial charge in [-0.25, -0.2) is 0 Å². The molecule has 1 heterocycles. The maximum atomic E-state index is 12.3. The molecule has 0 saturated carbocycles. The Morgan fingerprint density at radius 1 is 1.00 bits per heavy atom. The monoisotopic (exact) mass is 285 g/mol. The zero-order valence-corrected chi connectivity index (χ0v) is 12.0. The topological polar surface area (TPSA) is 54.5 Å². The summed E-state index contributed by atoms with van der Waals surface area (Å²) in [6.45, 7) is 2.69. The first-order chi connectivity index (χ1) is 10.2. The van der Waals surface area contributed by atoms with Crippen molar-refractivity contribution in [3.8, 4) is 0 Å². The molecule has 4 heteroatoms. The first kappa shape index (κ1) is 14.1. The maximum Gasteiger partial charge on any atom is 0.181 e. The van der Waals surface area contributed by atoms with E-state index in [1.807, 2.05) is 0 Å². The van der Waals surface area contributed by atoms with Gasteiger partial charge >= 0.3 is 0 Å². The third kappa shape index (κ3) is 2.68. The summed E-state index contributed by atoms with van der Waals surface area (Å²) >= 11 is 0. The van der Waals surface area contributed by atoms with Crippen LogP contribution in [0.3, 0.4) is 0 Å². The SMILES string of the molecule is O=C(CCN1CCCCC1)C1C(=O)c2ccccc2C1=O. The average molecular weight is 285 g/mol. The van der Waals surface area contributed by atoms with Crippen LogP contribution >= 0.6 is 0 Å². The molecule has 0 bridgehead atoms. The lowest BCUT2D eigenvalue weighted by Crippen LogP contribution is -2.34. The van der Waals surface area contributed by atoms with Crippen molar-refractivity contribution in [3.63, 3.8) is 0 Å². The Labute approximate surface area is 124 Å². The molecule has 110 valence electrons. The Kier molecular flexibility index (Phi) is 3.97. The van der Waals surface area contributed by atoms with Crippen molar-refractivity contribution in [2.45, 2.75) is 25.7 Å². The molecule has 3 rings (SSSR count). The van der Waals surface area contributed by atoms with Crippen LogP contribution < -0.4 is 0 Å². The third-order valence-corrected chi connectivity index (χ3v) is 4.43. The normalized spacial score (nSPS) is 19.8. The molecule has 0 radical (unpaired) electrons. The minimum atomic E-state index is -1.09. The fraction of sp³-hybridized carbons (Fsp3) is 0.471.